The van der Waals surface area contributed by atoms with Crippen LogP contribution < -0.4 is 10.6 Å². The summed E-state index contributed by atoms with van der Waals surface area (Å²) in [6, 6.07) is 6.41. The third kappa shape index (κ3) is 11.3. The fourth-order valence-electron chi connectivity index (χ4n) is 3.74. The van der Waals surface area contributed by atoms with E-state index in [-0.39, 0.29) is 12.4 Å². The molecular weight excluding hydrogens is 490 g/mol. The van der Waals surface area contributed by atoms with E-state index in [9.17, 15) is 14.4 Å². The third-order valence-electron chi connectivity index (χ3n) is 5.79. The molecule has 2 atom stereocenters. The van der Waals surface area contributed by atoms with Gasteiger partial charge in [0.05, 0.1) is 37.8 Å². The molecule has 1 rings (SSSR count). The van der Waals surface area contributed by atoms with Gasteiger partial charge in [0.1, 0.15) is 5.60 Å². The van der Waals surface area contributed by atoms with Crippen LogP contribution in [0.25, 0.3) is 0 Å². The molecule has 0 bridgehead atoms. The monoisotopic (exact) mass is 533 g/mol. The van der Waals surface area contributed by atoms with Crippen molar-refractivity contribution in [2.75, 3.05) is 27.9 Å². The van der Waals surface area contributed by atoms with Gasteiger partial charge in [-0.25, -0.2) is 14.6 Å². The van der Waals surface area contributed by atoms with Crippen molar-refractivity contribution in [3.05, 3.63) is 48.0 Å². The quantitative estimate of drug-likeness (QED) is 0.123. The van der Waals surface area contributed by atoms with Crippen LogP contribution in [-0.4, -0.2) is 63.1 Å². The molecule has 10 nitrogen and oxygen atoms in total. The minimum atomic E-state index is -0.783. The predicted molar refractivity (Wildman–Crippen MR) is 146 cm³/mol. The Morgan fingerprint density at radius 3 is 2.39 bits per heavy atom. The summed E-state index contributed by atoms with van der Waals surface area (Å²) in [6.07, 6.45) is 3.24. The van der Waals surface area contributed by atoms with Gasteiger partial charge in [-0.2, -0.15) is 0 Å². The van der Waals surface area contributed by atoms with Gasteiger partial charge in [-0.3, -0.25) is 10.1 Å². The molecule has 0 aliphatic carbocycles. The second-order valence-electron chi connectivity index (χ2n) is 9.86. The van der Waals surface area contributed by atoms with Crippen LogP contribution in [0.1, 0.15) is 81.8 Å². The molecule has 0 saturated heterocycles. The van der Waals surface area contributed by atoms with Crippen molar-refractivity contribution in [2.24, 2.45) is 4.99 Å². The number of aliphatic imine (C=N–C) groups is 1. The number of amides is 1. The number of carbonyl (C=O) groups excluding carboxylic acids is 3. The molecule has 0 heterocycles. The first-order valence-corrected chi connectivity index (χ1v) is 12.6. The largest absolute Gasteiger partial charge is 0.469 e. The topological polar surface area (TPSA) is 125 Å². The Hall–Kier alpha value is -3.40. The van der Waals surface area contributed by atoms with Crippen molar-refractivity contribution in [2.45, 2.75) is 77.0 Å². The van der Waals surface area contributed by atoms with Crippen LogP contribution in [0.5, 0.6) is 0 Å². The number of methoxy groups -OCH3 is 3. The lowest BCUT2D eigenvalue weighted by Gasteiger charge is -2.35. The van der Waals surface area contributed by atoms with E-state index in [1.54, 1.807) is 52.2 Å². The Kier molecular flexibility index (Phi) is 13.5. The number of hydrogen-bond donors (Lipinski definition) is 2. The molecule has 0 aliphatic rings. The van der Waals surface area contributed by atoms with E-state index in [4.69, 9.17) is 23.9 Å². The number of nitrogens with one attached hydrogen (secondary N) is 2. The van der Waals surface area contributed by atoms with Crippen LogP contribution in [0.15, 0.2) is 41.9 Å². The number of hydrogen-bond acceptors (Lipinski definition) is 8. The zero-order valence-electron chi connectivity index (χ0n) is 23.7. The summed E-state index contributed by atoms with van der Waals surface area (Å²) in [7, 11) is 4.23. The average molecular weight is 534 g/mol. The fraction of sp³-hybridized carbons (Fsp3) is 0.571. The molecule has 0 aromatic heterocycles. The summed E-state index contributed by atoms with van der Waals surface area (Å²) in [4.78, 5) is 42.1. The number of alkyl carbamates (subject to hydrolysis) is 1. The normalized spacial score (nSPS) is 14.0. The SMILES string of the molecule is C=CCCC(CC)(CC(=O)OC)NC(=N[C@H](CCOC)c1cccc(C(=O)OC)c1)NC(=O)OC(C)(C)C. The number of ether oxygens (including phenoxy) is 4. The van der Waals surface area contributed by atoms with Gasteiger partial charge in [0.25, 0.3) is 0 Å². The Morgan fingerprint density at radius 2 is 1.84 bits per heavy atom. The second-order valence-corrected chi connectivity index (χ2v) is 9.86. The predicted octanol–water partition coefficient (Wildman–Crippen LogP) is 4.70. The fourth-order valence-corrected chi connectivity index (χ4v) is 3.74. The highest BCUT2D eigenvalue weighted by molar-refractivity contribution is 5.95. The molecule has 1 aromatic rings. The number of allylic oxidation sites excluding steroid dienone is 1. The van der Waals surface area contributed by atoms with Gasteiger partial charge in [-0.15, -0.1) is 6.58 Å². The Labute approximate surface area is 226 Å². The minimum absolute atomic E-state index is 0.0451. The molecular formula is C28H43N3O7. The van der Waals surface area contributed by atoms with Crippen LogP contribution in [-0.2, 0) is 23.7 Å². The van der Waals surface area contributed by atoms with E-state index in [1.165, 1.54) is 14.2 Å². The van der Waals surface area contributed by atoms with Crippen molar-refractivity contribution < 1.29 is 33.3 Å². The highest BCUT2D eigenvalue weighted by Crippen LogP contribution is 2.26. The van der Waals surface area contributed by atoms with Gasteiger partial charge in [0, 0.05) is 13.7 Å². The number of guanidine groups is 1. The van der Waals surface area contributed by atoms with Crippen molar-refractivity contribution in [3.8, 4) is 0 Å². The van der Waals surface area contributed by atoms with E-state index in [0.29, 0.717) is 37.9 Å². The third-order valence-corrected chi connectivity index (χ3v) is 5.79. The van der Waals surface area contributed by atoms with E-state index in [2.05, 4.69) is 17.2 Å². The number of esters is 2. The summed E-state index contributed by atoms with van der Waals surface area (Å²) < 4.78 is 20.6. The molecule has 1 aromatic carbocycles. The summed E-state index contributed by atoms with van der Waals surface area (Å²) in [6.45, 7) is 11.4. The molecule has 38 heavy (non-hydrogen) atoms. The zero-order valence-corrected chi connectivity index (χ0v) is 23.7. The van der Waals surface area contributed by atoms with Crippen molar-refractivity contribution >= 4 is 24.0 Å². The maximum absolute atomic E-state index is 12.8. The van der Waals surface area contributed by atoms with E-state index < -0.39 is 35.2 Å². The van der Waals surface area contributed by atoms with Crippen molar-refractivity contribution in [1.29, 1.82) is 0 Å². The van der Waals surface area contributed by atoms with Gasteiger partial charge < -0.3 is 24.3 Å². The zero-order chi connectivity index (χ0) is 28.8. The van der Waals surface area contributed by atoms with Crippen LogP contribution in [0, 0.1) is 0 Å². The summed E-state index contributed by atoms with van der Waals surface area (Å²) >= 11 is 0. The molecule has 0 fully saturated rings. The number of nitrogens with zero attached hydrogens (tertiary/aromatic N) is 1. The average Bonchev–Trinajstić information content (AvgIpc) is 2.87. The molecule has 212 valence electrons. The van der Waals surface area contributed by atoms with Gasteiger partial charge in [-0.1, -0.05) is 25.1 Å². The van der Waals surface area contributed by atoms with Crippen LogP contribution in [0.3, 0.4) is 0 Å². The highest BCUT2D eigenvalue weighted by Gasteiger charge is 2.33. The van der Waals surface area contributed by atoms with Gasteiger partial charge in [-0.05, 0) is 64.2 Å². The maximum atomic E-state index is 12.8. The van der Waals surface area contributed by atoms with Crippen LogP contribution in [0.4, 0.5) is 4.79 Å². The second kappa shape index (κ2) is 15.8. The molecule has 2 N–H and O–H groups in total. The smallest absolute Gasteiger partial charge is 0.414 e. The Bertz CT molecular complexity index is 971. The molecule has 10 heteroatoms. The van der Waals surface area contributed by atoms with E-state index in [0.717, 1.165) is 5.56 Å². The lowest BCUT2D eigenvalue weighted by Crippen LogP contribution is -2.55. The van der Waals surface area contributed by atoms with Gasteiger partial charge in [0.15, 0.2) is 0 Å². The van der Waals surface area contributed by atoms with Gasteiger partial charge >= 0.3 is 18.0 Å². The van der Waals surface area contributed by atoms with Gasteiger partial charge in [0.2, 0.25) is 5.96 Å². The Balaban J connectivity index is 3.60. The highest BCUT2D eigenvalue weighted by atomic mass is 16.6. The molecule has 0 saturated carbocycles. The van der Waals surface area contributed by atoms with Crippen molar-refractivity contribution in [1.82, 2.24) is 10.6 Å². The molecule has 0 aliphatic heterocycles. The molecule has 1 unspecified atom stereocenters. The van der Waals surface area contributed by atoms with Crippen molar-refractivity contribution in [3.63, 3.8) is 0 Å². The summed E-state index contributed by atoms with van der Waals surface area (Å²) in [5, 5.41) is 6.04. The standard InChI is InChI=1S/C28H43N3O7/c1-9-11-16-28(10-2,19-23(32)36-7)31-25(30-26(34)38-27(3,4)5)29-22(15-17-35-6)20-13-12-14-21(18-20)24(33)37-8/h9,12-14,18,22H,1,10-11,15-17,19H2,2-8H3,(H2,29,30,31,34)/t22-,28?/m1/s1. The number of rotatable bonds is 13. The van der Waals surface area contributed by atoms with E-state index in [1.807, 2.05) is 13.0 Å². The first-order chi connectivity index (χ1) is 17.9. The lowest BCUT2D eigenvalue weighted by molar-refractivity contribution is -0.142. The van der Waals surface area contributed by atoms with Crippen LogP contribution >= 0.6 is 0 Å². The molecule has 0 spiro atoms. The summed E-state index contributed by atoms with van der Waals surface area (Å²) in [5.41, 5.74) is -0.432. The molecule has 1 amide bonds. The minimum Gasteiger partial charge on any atom is -0.469 e. The number of carbonyl (C=O) groups is 3. The number of benzene rings is 1. The van der Waals surface area contributed by atoms with Crippen LogP contribution in [0.2, 0.25) is 0 Å². The first kappa shape index (κ1) is 32.6. The van der Waals surface area contributed by atoms with E-state index >= 15 is 0 Å². The summed E-state index contributed by atoms with van der Waals surface area (Å²) in [5.74, 6) is -0.751. The lowest BCUT2D eigenvalue weighted by atomic mass is 9.87. The maximum Gasteiger partial charge on any atom is 0.414 e. The molecule has 0 radical (unpaired) electrons. The first-order valence-electron chi connectivity index (χ1n) is 12.6. The Morgan fingerprint density at radius 1 is 1.13 bits per heavy atom.